The van der Waals surface area contributed by atoms with Crippen molar-refractivity contribution in [2.75, 3.05) is 0 Å². The minimum absolute atomic E-state index is 0.727. The van der Waals surface area contributed by atoms with Crippen molar-refractivity contribution in [1.29, 1.82) is 0 Å². The van der Waals surface area contributed by atoms with Gasteiger partial charge >= 0.3 is 0 Å². The summed E-state index contributed by atoms with van der Waals surface area (Å²) in [4.78, 5) is 10.6. The molecule has 0 aliphatic carbocycles. The quantitative estimate of drug-likeness (QED) is 0.173. The average Bonchev–Trinajstić information content (AvgIpc) is 3.62. The lowest BCUT2D eigenvalue weighted by atomic mass is 9.92. The largest absolute Gasteiger partial charge is 0.226 e. The summed E-state index contributed by atoms with van der Waals surface area (Å²) in [5, 5.41) is 3.55. The summed E-state index contributed by atoms with van der Waals surface area (Å²) in [6, 6.07) is 69.3. The maximum Gasteiger partial charge on any atom is 0.160 e. The predicted octanol–water partition coefficient (Wildman–Crippen LogP) is 14.0. The van der Waals surface area contributed by atoms with E-state index in [9.17, 15) is 0 Å². The SMILES string of the molecule is c1ccc(-c2cc(-c3ccccc3)cc(-c3cccc(-c4cccc(-c5nc(-c6cccc7ccccc67)c6sc7ccccc7c6n5)c4)c3)c2)cc1. The van der Waals surface area contributed by atoms with E-state index < -0.39 is 0 Å². The second-order valence-electron chi connectivity index (χ2n) is 13.4. The molecule has 0 unspecified atom stereocenters. The summed E-state index contributed by atoms with van der Waals surface area (Å²) in [7, 11) is 0. The van der Waals surface area contributed by atoms with Crippen LogP contribution < -0.4 is 0 Å². The Hall–Kier alpha value is -6.68. The first kappa shape index (κ1) is 31.1. The molecule has 0 bridgehead atoms. The monoisotopic (exact) mass is 692 g/mol. The molecule has 53 heavy (non-hydrogen) atoms. The number of nitrogens with zero attached hydrogens (tertiary/aromatic N) is 2. The highest BCUT2D eigenvalue weighted by Gasteiger charge is 2.18. The van der Waals surface area contributed by atoms with Gasteiger partial charge in [-0.3, -0.25) is 0 Å². The minimum Gasteiger partial charge on any atom is -0.226 e. The molecule has 0 N–H and O–H groups in total. The second-order valence-corrected chi connectivity index (χ2v) is 14.4. The molecule has 8 aromatic carbocycles. The molecular weight excluding hydrogens is 661 g/mol. The second kappa shape index (κ2) is 13.1. The molecule has 2 nitrogen and oxygen atoms in total. The highest BCUT2D eigenvalue weighted by atomic mass is 32.1. The molecule has 0 spiro atoms. The fraction of sp³-hybridized carbons (Fsp3) is 0. The van der Waals surface area contributed by atoms with E-state index in [1.807, 2.05) is 0 Å². The van der Waals surface area contributed by atoms with E-state index >= 15 is 0 Å². The Labute approximate surface area is 312 Å². The highest BCUT2D eigenvalue weighted by Crippen LogP contribution is 2.42. The standard InChI is InChI=1S/C50H32N2S/c1-3-14-33(15-4-1)40-30-41(34-16-5-2-6-17-34)32-42(31-40)38-22-11-20-36(28-38)37-21-12-23-39(29-37)50-51-47(44-26-13-19-35-18-7-8-24-43(35)44)49-48(52-50)45-25-9-10-27-46(45)53-49/h1-32H. The van der Waals surface area contributed by atoms with Crippen LogP contribution in [0.25, 0.3) is 98.2 Å². The molecule has 0 atom stereocenters. The van der Waals surface area contributed by atoms with E-state index in [-0.39, 0.29) is 0 Å². The van der Waals surface area contributed by atoms with Crippen molar-refractivity contribution >= 4 is 42.4 Å². The lowest BCUT2D eigenvalue weighted by molar-refractivity contribution is 1.24. The van der Waals surface area contributed by atoms with Crippen LogP contribution in [0.15, 0.2) is 194 Å². The first-order valence-electron chi connectivity index (χ1n) is 17.9. The zero-order chi connectivity index (χ0) is 35.1. The first-order valence-corrected chi connectivity index (χ1v) is 18.7. The van der Waals surface area contributed by atoms with Crippen molar-refractivity contribution in [3.05, 3.63) is 194 Å². The fourth-order valence-electron chi connectivity index (χ4n) is 7.44. The van der Waals surface area contributed by atoms with Crippen LogP contribution in [0, 0.1) is 0 Å². The number of fused-ring (bicyclic) bond motifs is 4. The van der Waals surface area contributed by atoms with E-state index in [0.717, 1.165) is 49.4 Å². The van der Waals surface area contributed by atoms with Crippen LogP contribution >= 0.6 is 11.3 Å². The Morgan fingerprint density at radius 3 is 1.51 bits per heavy atom. The Balaban J connectivity index is 1.10. The van der Waals surface area contributed by atoms with Gasteiger partial charge in [-0.2, -0.15) is 0 Å². The van der Waals surface area contributed by atoms with E-state index in [0.29, 0.717) is 0 Å². The van der Waals surface area contributed by atoms with Crippen LogP contribution in [0.4, 0.5) is 0 Å². The van der Waals surface area contributed by atoms with Gasteiger partial charge in [-0.15, -0.1) is 11.3 Å². The molecule has 3 heteroatoms. The number of hydrogen-bond donors (Lipinski definition) is 0. The summed E-state index contributed by atoms with van der Waals surface area (Å²) in [5.41, 5.74) is 13.5. The molecule has 2 heterocycles. The molecule has 0 fully saturated rings. The van der Waals surface area contributed by atoms with E-state index in [1.54, 1.807) is 11.3 Å². The molecule has 0 amide bonds. The van der Waals surface area contributed by atoms with Gasteiger partial charge in [0.15, 0.2) is 5.82 Å². The van der Waals surface area contributed by atoms with Crippen molar-refractivity contribution in [3.8, 4) is 67.2 Å². The first-order chi connectivity index (χ1) is 26.2. The van der Waals surface area contributed by atoms with Crippen LogP contribution in [-0.4, -0.2) is 9.97 Å². The molecule has 0 aliphatic heterocycles. The maximum absolute atomic E-state index is 5.36. The normalized spacial score (nSPS) is 11.4. The number of aromatic nitrogens is 2. The Morgan fingerprint density at radius 2 is 0.811 bits per heavy atom. The van der Waals surface area contributed by atoms with Crippen LogP contribution in [0.3, 0.4) is 0 Å². The lowest BCUT2D eigenvalue weighted by Crippen LogP contribution is -1.94. The molecule has 248 valence electrons. The molecule has 2 aromatic heterocycles. The van der Waals surface area contributed by atoms with Crippen molar-refractivity contribution in [2.45, 2.75) is 0 Å². The molecule has 0 saturated carbocycles. The average molecular weight is 693 g/mol. The topological polar surface area (TPSA) is 25.8 Å². The summed E-state index contributed by atoms with van der Waals surface area (Å²) in [6.07, 6.45) is 0. The molecule has 10 rings (SSSR count). The third kappa shape index (κ3) is 5.78. The van der Waals surface area contributed by atoms with Crippen molar-refractivity contribution in [2.24, 2.45) is 0 Å². The Bertz CT molecular complexity index is 2880. The van der Waals surface area contributed by atoms with Crippen LogP contribution in [-0.2, 0) is 0 Å². The van der Waals surface area contributed by atoms with Crippen LogP contribution in [0.5, 0.6) is 0 Å². The molecule has 10 aromatic rings. The maximum atomic E-state index is 5.36. The van der Waals surface area contributed by atoms with E-state index in [1.165, 1.54) is 48.9 Å². The third-order valence-corrected chi connectivity index (χ3v) is 11.2. The molecule has 0 aliphatic rings. The third-order valence-electron chi connectivity index (χ3n) is 10.1. The summed E-state index contributed by atoms with van der Waals surface area (Å²) < 4.78 is 2.33. The van der Waals surface area contributed by atoms with Crippen molar-refractivity contribution < 1.29 is 0 Å². The van der Waals surface area contributed by atoms with Gasteiger partial charge in [0.05, 0.1) is 15.9 Å². The van der Waals surface area contributed by atoms with Gasteiger partial charge < -0.3 is 0 Å². The number of thiophene rings is 1. The van der Waals surface area contributed by atoms with Gasteiger partial charge in [0.1, 0.15) is 0 Å². The fourth-order valence-corrected chi connectivity index (χ4v) is 8.59. The zero-order valence-electron chi connectivity index (χ0n) is 28.8. The Kier molecular flexibility index (Phi) is 7.71. The summed E-state index contributed by atoms with van der Waals surface area (Å²) >= 11 is 1.77. The zero-order valence-corrected chi connectivity index (χ0v) is 29.6. The number of rotatable bonds is 6. The van der Waals surface area contributed by atoms with Gasteiger partial charge in [-0.05, 0) is 91.7 Å². The van der Waals surface area contributed by atoms with Gasteiger partial charge in [0.2, 0.25) is 0 Å². The highest BCUT2D eigenvalue weighted by molar-refractivity contribution is 7.26. The Morgan fingerprint density at radius 1 is 0.340 bits per heavy atom. The minimum atomic E-state index is 0.727. The van der Waals surface area contributed by atoms with Crippen LogP contribution in [0.2, 0.25) is 0 Å². The predicted molar refractivity (Wildman–Crippen MR) is 225 cm³/mol. The van der Waals surface area contributed by atoms with Gasteiger partial charge in [-0.1, -0.05) is 158 Å². The number of benzene rings is 8. The summed E-state index contributed by atoms with van der Waals surface area (Å²) in [6.45, 7) is 0. The molecule has 0 radical (unpaired) electrons. The van der Waals surface area contributed by atoms with Gasteiger partial charge in [0.25, 0.3) is 0 Å². The lowest BCUT2D eigenvalue weighted by Gasteiger charge is -2.13. The van der Waals surface area contributed by atoms with E-state index in [4.69, 9.17) is 9.97 Å². The van der Waals surface area contributed by atoms with Crippen molar-refractivity contribution in [1.82, 2.24) is 9.97 Å². The number of hydrogen-bond acceptors (Lipinski definition) is 3. The van der Waals surface area contributed by atoms with Gasteiger partial charge in [0, 0.05) is 21.2 Å². The van der Waals surface area contributed by atoms with Crippen molar-refractivity contribution in [3.63, 3.8) is 0 Å². The summed E-state index contributed by atoms with van der Waals surface area (Å²) in [5.74, 6) is 0.727. The van der Waals surface area contributed by atoms with Gasteiger partial charge in [-0.25, -0.2) is 9.97 Å². The smallest absolute Gasteiger partial charge is 0.160 e. The van der Waals surface area contributed by atoms with Crippen LogP contribution in [0.1, 0.15) is 0 Å². The molecular formula is C50H32N2S. The molecule has 0 saturated heterocycles. The van der Waals surface area contributed by atoms with E-state index in [2.05, 4.69) is 194 Å².